The molecule has 4 rings (SSSR count). The second-order valence-electron chi connectivity index (χ2n) is 6.43. The molecule has 8 nitrogen and oxygen atoms in total. The van der Waals surface area contributed by atoms with Crippen molar-refractivity contribution in [2.45, 2.75) is 18.1 Å². The number of phenols is 1. The van der Waals surface area contributed by atoms with Crippen LogP contribution >= 0.6 is 27.5 Å². The van der Waals surface area contributed by atoms with Gasteiger partial charge in [0.2, 0.25) is 0 Å². The van der Waals surface area contributed by atoms with Crippen LogP contribution in [0, 0.1) is 0 Å². The SMILES string of the molecule is O=C1OCc2nn(C(F)F)cc2-c2ccc(Cl)c(c2)NS(=O)(=O)c2cc1cc(Br)c2O. The van der Waals surface area contributed by atoms with Gasteiger partial charge in [0.15, 0.2) is 0 Å². The molecule has 0 saturated heterocycles. The van der Waals surface area contributed by atoms with E-state index in [1.165, 1.54) is 24.3 Å². The zero-order valence-electron chi connectivity index (χ0n) is 15.1. The maximum atomic E-state index is 13.2. The predicted molar refractivity (Wildman–Crippen MR) is 110 cm³/mol. The summed E-state index contributed by atoms with van der Waals surface area (Å²) in [7, 11) is -4.41. The van der Waals surface area contributed by atoms with Gasteiger partial charge in [0, 0.05) is 11.8 Å². The number of phenolic OH excluding ortho intramolecular Hbond substituents is 1. The Balaban J connectivity index is 1.97. The van der Waals surface area contributed by atoms with E-state index < -0.39 is 39.8 Å². The normalized spacial score (nSPS) is 15.2. The van der Waals surface area contributed by atoms with Crippen LogP contribution in [0.3, 0.4) is 0 Å². The summed E-state index contributed by atoms with van der Waals surface area (Å²) < 4.78 is 60.0. The Morgan fingerprint density at radius 2 is 2.00 bits per heavy atom. The summed E-state index contributed by atoms with van der Waals surface area (Å²) in [5.41, 5.74) is 0.262. The van der Waals surface area contributed by atoms with Crippen LogP contribution < -0.4 is 4.72 Å². The smallest absolute Gasteiger partial charge is 0.338 e. The molecular formula is C18H11BrClF2N3O5S. The molecular weight excluding hydrogens is 524 g/mol. The number of alkyl halides is 2. The van der Waals surface area contributed by atoms with Gasteiger partial charge in [0.1, 0.15) is 22.9 Å². The molecule has 1 aliphatic heterocycles. The Kier molecular flexibility index (Phi) is 5.40. The summed E-state index contributed by atoms with van der Waals surface area (Å²) in [4.78, 5) is 11.9. The number of halogens is 4. The van der Waals surface area contributed by atoms with Crippen LogP contribution in [0.15, 0.2) is 45.9 Å². The van der Waals surface area contributed by atoms with E-state index in [9.17, 15) is 27.1 Å². The van der Waals surface area contributed by atoms with Crippen molar-refractivity contribution >= 4 is 49.2 Å². The molecule has 3 aromatic rings. The number of sulfonamides is 1. The summed E-state index contributed by atoms with van der Waals surface area (Å²) in [5, 5.41) is 14.0. The molecule has 4 bridgehead atoms. The highest BCUT2D eigenvalue weighted by molar-refractivity contribution is 9.10. The number of esters is 1. The number of anilines is 1. The zero-order valence-corrected chi connectivity index (χ0v) is 18.3. The average Bonchev–Trinajstić information content (AvgIpc) is 3.13. The maximum absolute atomic E-state index is 13.2. The molecule has 0 atom stereocenters. The fraction of sp³-hybridized carbons (Fsp3) is 0.111. The predicted octanol–water partition coefficient (Wildman–Crippen LogP) is 4.54. The number of rotatable bonds is 1. The van der Waals surface area contributed by atoms with Crippen molar-refractivity contribution in [2.75, 3.05) is 4.72 Å². The quantitative estimate of drug-likeness (QED) is 0.444. The fourth-order valence-corrected chi connectivity index (χ4v) is 4.99. The summed E-state index contributed by atoms with van der Waals surface area (Å²) in [6.45, 7) is -3.40. The first-order chi connectivity index (χ1) is 14.6. The number of aromatic hydroxyl groups is 1. The Bertz CT molecular complexity index is 1330. The Labute approximate surface area is 187 Å². The number of nitrogens with zero attached hydrogens (tertiary/aromatic N) is 2. The van der Waals surface area contributed by atoms with E-state index in [4.69, 9.17) is 16.3 Å². The third-order valence-electron chi connectivity index (χ3n) is 4.42. The summed E-state index contributed by atoms with van der Waals surface area (Å²) >= 11 is 9.13. The standard InChI is InChI=1S/C18H11BrClF2N3O5S/c19-11-3-9-5-15(16(11)26)31(28,29)24-13-4-8(1-2-12(13)20)10-6-25(18(21)22)23-14(10)7-30-17(9)27/h1-6,18,24,26H,7H2. The third-order valence-corrected chi connectivity index (χ3v) is 6.74. The minimum Gasteiger partial charge on any atom is -0.505 e. The number of benzene rings is 2. The van der Waals surface area contributed by atoms with E-state index in [1.54, 1.807) is 0 Å². The van der Waals surface area contributed by atoms with Crippen molar-refractivity contribution in [3.63, 3.8) is 0 Å². The molecule has 1 aromatic heterocycles. The van der Waals surface area contributed by atoms with Gasteiger partial charge >= 0.3 is 12.5 Å². The first-order valence-electron chi connectivity index (χ1n) is 8.45. The largest absolute Gasteiger partial charge is 0.505 e. The molecule has 2 aromatic carbocycles. The van der Waals surface area contributed by atoms with Gasteiger partial charge in [0.25, 0.3) is 10.0 Å². The van der Waals surface area contributed by atoms with E-state index in [-0.39, 0.29) is 32.0 Å². The summed E-state index contributed by atoms with van der Waals surface area (Å²) in [6, 6.07) is 6.27. The minimum atomic E-state index is -4.41. The number of cyclic esters (lactones) is 1. The van der Waals surface area contributed by atoms with E-state index in [1.807, 2.05) is 0 Å². The number of nitrogens with one attached hydrogen (secondary N) is 1. The highest BCUT2D eigenvalue weighted by atomic mass is 79.9. The molecule has 0 aliphatic carbocycles. The molecule has 31 heavy (non-hydrogen) atoms. The molecule has 0 saturated carbocycles. The Morgan fingerprint density at radius 1 is 1.26 bits per heavy atom. The monoisotopic (exact) mass is 533 g/mol. The minimum absolute atomic E-state index is 0.0204. The van der Waals surface area contributed by atoms with Gasteiger partial charge in [-0.2, -0.15) is 13.9 Å². The number of aromatic nitrogens is 2. The number of fused-ring (bicyclic) bond motifs is 6. The van der Waals surface area contributed by atoms with Gasteiger partial charge in [-0.15, -0.1) is 0 Å². The first-order valence-corrected chi connectivity index (χ1v) is 11.1. The average molecular weight is 535 g/mol. The van der Waals surface area contributed by atoms with E-state index >= 15 is 0 Å². The first kappa shape index (κ1) is 21.5. The number of ether oxygens (including phenoxy) is 1. The van der Waals surface area contributed by atoms with Crippen LogP contribution in [0.5, 0.6) is 5.75 Å². The molecule has 2 heterocycles. The van der Waals surface area contributed by atoms with Crippen LogP contribution in [-0.4, -0.2) is 29.3 Å². The topological polar surface area (TPSA) is 111 Å². The van der Waals surface area contributed by atoms with Crippen LogP contribution in [0.1, 0.15) is 22.6 Å². The lowest BCUT2D eigenvalue weighted by atomic mass is 10.1. The number of carbonyl (C=O) groups excluding carboxylic acids is 1. The van der Waals surface area contributed by atoms with Crippen molar-refractivity contribution in [1.82, 2.24) is 9.78 Å². The number of hydrogen-bond donors (Lipinski definition) is 2. The van der Waals surface area contributed by atoms with Gasteiger partial charge in [0.05, 0.1) is 20.7 Å². The molecule has 2 N–H and O–H groups in total. The van der Waals surface area contributed by atoms with Gasteiger partial charge in [-0.05, 0) is 45.8 Å². The van der Waals surface area contributed by atoms with Crippen molar-refractivity contribution in [3.8, 4) is 16.9 Å². The van der Waals surface area contributed by atoms with Crippen molar-refractivity contribution in [2.24, 2.45) is 0 Å². The van der Waals surface area contributed by atoms with Gasteiger partial charge in [-0.1, -0.05) is 17.7 Å². The molecule has 0 amide bonds. The van der Waals surface area contributed by atoms with Gasteiger partial charge < -0.3 is 9.84 Å². The highest BCUT2D eigenvalue weighted by Gasteiger charge is 2.26. The van der Waals surface area contributed by atoms with Crippen molar-refractivity contribution in [3.05, 3.63) is 57.3 Å². The van der Waals surface area contributed by atoms with Crippen LogP contribution in [0.4, 0.5) is 14.5 Å². The van der Waals surface area contributed by atoms with Crippen molar-refractivity contribution in [1.29, 1.82) is 0 Å². The summed E-state index contributed by atoms with van der Waals surface area (Å²) in [5.74, 6) is -1.57. The van der Waals surface area contributed by atoms with E-state index in [0.717, 1.165) is 12.3 Å². The second kappa shape index (κ2) is 7.77. The highest BCUT2D eigenvalue weighted by Crippen LogP contribution is 2.37. The number of carbonyl (C=O) groups is 1. The van der Waals surface area contributed by atoms with E-state index in [2.05, 4.69) is 25.8 Å². The molecule has 162 valence electrons. The van der Waals surface area contributed by atoms with Crippen LogP contribution in [0.2, 0.25) is 5.02 Å². The van der Waals surface area contributed by atoms with Gasteiger partial charge in [-0.3, -0.25) is 4.72 Å². The molecule has 0 fully saturated rings. The lowest BCUT2D eigenvalue weighted by molar-refractivity contribution is 0.0446. The lowest BCUT2D eigenvalue weighted by Gasteiger charge is -2.13. The van der Waals surface area contributed by atoms with Gasteiger partial charge in [-0.25, -0.2) is 17.9 Å². The third kappa shape index (κ3) is 3.98. The molecule has 0 radical (unpaired) electrons. The molecule has 0 spiro atoms. The fourth-order valence-electron chi connectivity index (χ4n) is 2.96. The van der Waals surface area contributed by atoms with E-state index in [0.29, 0.717) is 10.2 Å². The molecule has 1 aliphatic rings. The van der Waals surface area contributed by atoms with Crippen LogP contribution in [0.25, 0.3) is 11.1 Å². The van der Waals surface area contributed by atoms with Crippen LogP contribution in [-0.2, 0) is 21.4 Å². The molecule has 13 heteroatoms. The molecule has 0 unspecified atom stereocenters. The number of hydrogen-bond acceptors (Lipinski definition) is 6. The van der Waals surface area contributed by atoms with Crippen molar-refractivity contribution < 1.29 is 31.8 Å². The Hall–Kier alpha value is -2.70. The Morgan fingerprint density at radius 3 is 2.71 bits per heavy atom. The summed E-state index contributed by atoms with van der Waals surface area (Å²) in [6.07, 6.45) is 1.05. The lowest BCUT2D eigenvalue weighted by Crippen LogP contribution is -2.15. The maximum Gasteiger partial charge on any atom is 0.338 e. The second-order valence-corrected chi connectivity index (χ2v) is 9.34. The zero-order chi connectivity index (χ0) is 22.5.